The Kier molecular flexibility index (Phi) is 5.76. The van der Waals surface area contributed by atoms with Gasteiger partial charge in [-0.15, -0.1) is 0 Å². The fourth-order valence-electron chi connectivity index (χ4n) is 1.92. The number of nitrogens with one attached hydrogen (secondary N) is 1. The molecule has 1 amide bonds. The predicted octanol–water partition coefficient (Wildman–Crippen LogP) is 3.44. The second-order valence-corrected chi connectivity index (χ2v) is 4.75. The highest BCUT2D eigenvalue weighted by molar-refractivity contribution is 5.92. The first-order valence-corrected chi connectivity index (χ1v) is 7.20. The van der Waals surface area contributed by atoms with E-state index >= 15 is 0 Å². The lowest BCUT2D eigenvalue weighted by molar-refractivity contribution is -0.116. The van der Waals surface area contributed by atoms with Crippen LogP contribution in [0.2, 0.25) is 0 Å². The zero-order chi connectivity index (χ0) is 14.9. The Morgan fingerprint density at radius 1 is 1.24 bits per heavy atom. The Labute approximate surface area is 125 Å². The highest BCUT2D eigenvalue weighted by atomic mass is 16.5. The number of hydrogen-bond acceptors (Lipinski definition) is 3. The number of rotatable bonds is 7. The van der Waals surface area contributed by atoms with Crippen molar-refractivity contribution in [2.45, 2.75) is 26.2 Å². The van der Waals surface area contributed by atoms with Crippen LogP contribution in [-0.2, 0) is 11.2 Å². The van der Waals surface area contributed by atoms with E-state index in [0.29, 0.717) is 25.2 Å². The van der Waals surface area contributed by atoms with Crippen LogP contribution < -0.4 is 10.1 Å². The van der Waals surface area contributed by atoms with Crippen LogP contribution >= 0.6 is 0 Å². The molecule has 110 valence electrons. The van der Waals surface area contributed by atoms with Gasteiger partial charge < -0.3 is 10.1 Å². The van der Waals surface area contributed by atoms with Crippen molar-refractivity contribution in [1.29, 1.82) is 0 Å². The summed E-state index contributed by atoms with van der Waals surface area (Å²) in [7, 11) is 0. The molecule has 4 heteroatoms. The number of carbonyl (C=O) groups is 1. The number of pyridine rings is 1. The third-order valence-corrected chi connectivity index (χ3v) is 2.99. The molecule has 0 spiro atoms. The first kappa shape index (κ1) is 15.0. The van der Waals surface area contributed by atoms with Crippen LogP contribution in [0.3, 0.4) is 0 Å². The van der Waals surface area contributed by atoms with Gasteiger partial charge >= 0.3 is 0 Å². The smallest absolute Gasteiger partial charge is 0.224 e. The summed E-state index contributed by atoms with van der Waals surface area (Å²) in [6.45, 7) is 2.69. The molecule has 21 heavy (non-hydrogen) atoms. The van der Waals surface area contributed by atoms with Crippen LogP contribution in [0.4, 0.5) is 5.69 Å². The molecule has 0 bridgehead atoms. The van der Waals surface area contributed by atoms with Crippen molar-refractivity contribution in [1.82, 2.24) is 4.98 Å². The summed E-state index contributed by atoms with van der Waals surface area (Å²) in [5, 5.41) is 2.91. The number of anilines is 1. The molecule has 1 aromatic heterocycles. The van der Waals surface area contributed by atoms with E-state index in [1.165, 1.54) is 0 Å². The van der Waals surface area contributed by atoms with Gasteiger partial charge in [-0.3, -0.25) is 9.78 Å². The first-order chi connectivity index (χ1) is 10.3. The number of nitrogens with zero attached hydrogens (tertiary/aromatic N) is 1. The molecular weight excluding hydrogens is 264 g/mol. The van der Waals surface area contributed by atoms with E-state index in [1.54, 1.807) is 12.4 Å². The molecule has 0 aliphatic carbocycles. The zero-order valence-electron chi connectivity index (χ0n) is 12.2. The third kappa shape index (κ3) is 4.91. The van der Waals surface area contributed by atoms with E-state index in [2.05, 4.69) is 17.2 Å². The Hall–Kier alpha value is -2.36. The number of aryl methyl sites for hydroxylation is 1. The number of hydrogen-bond donors (Lipinski definition) is 1. The summed E-state index contributed by atoms with van der Waals surface area (Å²) in [5.41, 5.74) is 1.78. The fourth-order valence-corrected chi connectivity index (χ4v) is 1.92. The molecular formula is C17H20N2O2. The first-order valence-electron chi connectivity index (χ1n) is 7.20. The van der Waals surface area contributed by atoms with Crippen molar-refractivity contribution in [3.8, 4) is 5.75 Å². The largest absolute Gasteiger partial charge is 0.491 e. The molecule has 0 fully saturated rings. The summed E-state index contributed by atoms with van der Waals surface area (Å²) in [6, 6.07) is 11.4. The Bertz CT molecular complexity index is 570. The molecule has 2 rings (SSSR count). The summed E-state index contributed by atoms with van der Waals surface area (Å²) in [6.07, 6.45) is 5.55. The second kappa shape index (κ2) is 8.04. The van der Waals surface area contributed by atoms with E-state index in [1.807, 2.05) is 36.4 Å². The van der Waals surface area contributed by atoms with E-state index < -0.39 is 0 Å². The Balaban J connectivity index is 1.90. The van der Waals surface area contributed by atoms with Crippen molar-refractivity contribution in [2.24, 2.45) is 0 Å². The monoisotopic (exact) mass is 284 g/mol. The lowest BCUT2D eigenvalue weighted by Crippen LogP contribution is -2.13. The van der Waals surface area contributed by atoms with Crippen molar-refractivity contribution in [3.63, 3.8) is 0 Å². The second-order valence-electron chi connectivity index (χ2n) is 4.75. The fraction of sp³-hybridized carbons (Fsp3) is 0.294. The molecule has 4 nitrogen and oxygen atoms in total. The van der Waals surface area contributed by atoms with E-state index in [-0.39, 0.29) is 5.91 Å². The average molecular weight is 284 g/mol. The standard InChI is InChI=1S/C17H20N2O2/c1-2-12-21-16-8-4-3-7-15(16)19-17(20)10-9-14-6-5-11-18-13-14/h3-8,11,13H,2,9-10,12H2,1H3,(H,19,20). The van der Waals surface area contributed by atoms with Gasteiger partial charge in [0.05, 0.1) is 12.3 Å². The van der Waals surface area contributed by atoms with Gasteiger partial charge in [-0.1, -0.05) is 25.1 Å². The quantitative estimate of drug-likeness (QED) is 0.847. The van der Waals surface area contributed by atoms with E-state index in [9.17, 15) is 4.79 Å². The summed E-state index contributed by atoms with van der Waals surface area (Å²) in [5.74, 6) is 0.695. The van der Waals surface area contributed by atoms with Crippen LogP contribution in [0.25, 0.3) is 0 Å². The zero-order valence-corrected chi connectivity index (χ0v) is 12.2. The number of aromatic nitrogens is 1. The molecule has 0 radical (unpaired) electrons. The highest BCUT2D eigenvalue weighted by Crippen LogP contribution is 2.24. The maximum Gasteiger partial charge on any atom is 0.224 e. The number of carbonyl (C=O) groups excluding carboxylic acids is 1. The number of amides is 1. The van der Waals surface area contributed by atoms with Gasteiger partial charge in [0, 0.05) is 18.8 Å². The van der Waals surface area contributed by atoms with Crippen molar-refractivity contribution >= 4 is 11.6 Å². The minimum absolute atomic E-state index is 0.0219. The molecule has 0 aliphatic rings. The van der Waals surface area contributed by atoms with Gasteiger partial charge in [-0.2, -0.15) is 0 Å². The maximum atomic E-state index is 12.0. The van der Waals surface area contributed by atoms with Crippen molar-refractivity contribution in [2.75, 3.05) is 11.9 Å². The normalized spacial score (nSPS) is 10.1. The van der Waals surface area contributed by atoms with Crippen LogP contribution in [0, 0.1) is 0 Å². The van der Waals surface area contributed by atoms with Crippen LogP contribution in [0.5, 0.6) is 5.75 Å². The van der Waals surface area contributed by atoms with Crippen LogP contribution in [0.15, 0.2) is 48.8 Å². The Morgan fingerprint density at radius 3 is 2.86 bits per heavy atom. The Morgan fingerprint density at radius 2 is 2.10 bits per heavy atom. The molecule has 1 aromatic carbocycles. The molecule has 0 aliphatic heterocycles. The predicted molar refractivity (Wildman–Crippen MR) is 83.4 cm³/mol. The van der Waals surface area contributed by atoms with E-state index in [0.717, 1.165) is 17.7 Å². The molecule has 1 heterocycles. The minimum atomic E-state index is -0.0219. The molecule has 2 aromatic rings. The molecule has 1 N–H and O–H groups in total. The molecule has 0 saturated carbocycles. The van der Waals surface area contributed by atoms with Crippen molar-refractivity contribution < 1.29 is 9.53 Å². The van der Waals surface area contributed by atoms with E-state index in [4.69, 9.17) is 4.74 Å². The van der Waals surface area contributed by atoms with Gasteiger partial charge in [0.1, 0.15) is 5.75 Å². The topological polar surface area (TPSA) is 51.2 Å². The molecule has 0 saturated heterocycles. The molecule has 0 unspecified atom stereocenters. The van der Waals surface area contributed by atoms with Gasteiger partial charge in [-0.25, -0.2) is 0 Å². The van der Waals surface area contributed by atoms with Crippen LogP contribution in [-0.4, -0.2) is 17.5 Å². The van der Waals surface area contributed by atoms with Crippen LogP contribution in [0.1, 0.15) is 25.3 Å². The number of benzene rings is 1. The summed E-state index contributed by atoms with van der Waals surface area (Å²) < 4.78 is 5.63. The summed E-state index contributed by atoms with van der Waals surface area (Å²) in [4.78, 5) is 16.1. The minimum Gasteiger partial charge on any atom is -0.491 e. The molecule has 0 atom stereocenters. The lowest BCUT2D eigenvalue weighted by Gasteiger charge is -2.11. The van der Waals surface area contributed by atoms with Crippen molar-refractivity contribution in [3.05, 3.63) is 54.4 Å². The van der Waals surface area contributed by atoms with Gasteiger partial charge in [0.25, 0.3) is 0 Å². The van der Waals surface area contributed by atoms with Gasteiger partial charge in [-0.05, 0) is 36.6 Å². The summed E-state index contributed by atoms with van der Waals surface area (Å²) >= 11 is 0. The lowest BCUT2D eigenvalue weighted by atomic mass is 10.1. The number of ether oxygens (including phenoxy) is 1. The maximum absolute atomic E-state index is 12.0. The van der Waals surface area contributed by atoms with Gasteiger partial charge in [0.15, 0.2) is 0 Å². The third-order valence-electron chi connectivity index (χ3n) is 2.99. The SMILES string of the molecule is CCCOc1ccccc1NC(=O)CCc1cccnc1. The van der Waals surface area contributed by atoms with Gasteiger partial charge in [0.2, 0.25) is 5.91 Å². The number of para-hydroxylation sites is 2. The highest BCUT2D eigenvalue weighted by Gasteiger charge is 2.07. The average Bonchev–Trinajstić information content (AvgIpc) is 2.53.